The smallest absolute Gasteiger partial charge is 0.223 e. The Hall–Kier alpha value is -0.510. The second-order valence-electron chi connectivity index (χ2n) is 4.87. The molecule has 1 aliphatic rings. The van der Waals surface area contributed by atoms with E-state index in [4.69, 9.17) is 6.57 Å². The van der Waals surface area contributed by atoms with Crippen molar-refractivity contribution in [2.24, 2.45) is 11.3 Å². The molecule has 1 rings (SSSR count). The predicted molar refractivity (Wildman–Crippen MR) is 51.8 cm³/mol. The van der Waals surface area contributed by atoms with Gasteiger partial charge in [0.2, 0.25) is 6.04 Å². The van der Waals surface area contributed by atoms with Gasteiger partial charge in [-0.1, -0.05) is 13.8 Å². The topological polar surface area (TPSA) is 4.36 Å². The van der Waals surface area contributed by atoms with Gasteiger partial charge < -0.3 is 4.85 Å². The van der Waals surface area contributed by atoms with Gasteiger partial charge in [-0.3, -0.25) is 0 Å². The number of hydrogen-bond acceptors (Lipinski definition) is 0. The fourth-order valence-corrected chi connectivity index (χ4v) is 2.01. The van der Waals surface area contributed by atoms with Crippen LogP contribution in [0, 0.1) is 17.9 Å². The number of hydrogen-bond donors (Lipinski definition) is 0. The average Bonchev–Trinajstić information content (AvgIpc) is 2.03. The van der Waals surface area contributed by atoms with Crippen molar-refractivity contribution in [3.05, 3.63) is 11.4 Å². The van der Waals surface area contributed by atoms with Crippen LogP contribution >= 0.6 is 0 Å². The third-order valence-electron chi connectivity index (χ3n) is 3.27. The molecule has 1 saturated carbocycles. The van der Waals surface area contributed by atoms with Gasteiger partial charge in [0.15, 0.2) is 0 Å². The number of nitrogens with zero attached hydrogens (tertiary/aromatic N) is 1. The lowest BCUT2D eigenvalue weighted by atomic mass is 9.71. The van der Waals surface area contributed by atoms with E-state index in [9.17, 15) is 0 Å². The first-order chi connectivity index (χ1) is 5.55. The molecule has 0 aliphatic heterocycles. The van der Waals surface area contributed by atoms with Gasteiger partial charge in [0.1, 0.15) is 0 Å². The van der Waals surface area contributed by atoms with E-state index in [-0.39, 0.29) is 6.04 Å². The van der Waals surface area contributed by atoms with Gasteiger partial charge in [0.25, 0.3) is 0 Å². The molecular formula is C11H19N. The van der Waals surface area contributed by atoms with Crippen LogP contribution in [0.25, 0.3) is 4.85 Å². The molecule has 0 amide bonds. The molecule has 1 atom stereocenters. The molecular weight excluding hydrogens is 146 g/mol. The quantitative estimate of drug-likeness (QED) is 0.524. The fourth-order valence-electron chi connectivity index (χ4n) is 2.01. The first-order valence-electron chi connectivity index (χ1n) is 4.92. The van der Waals surface area contributed by atoms with E-state index in [1.807, 2.05) is 0 Å². The largest absolute Gasteiger partial charge is 0.314 e. The first kappa shape index (κ1) is 9.58. The van der Waals surface area contributed by atoms with Crippen LogP contribution < -0.4 is 0 Å². The summed E-state index contributed by atoms with van der Waals surface area (Å²) >= 11 is 0. The zero-order chi connectivity index (χ0) is 9.19. The van der Waals surface area contributed by atoms with Gasteiger partial charge >= 0.3 is 0 Å². The summed E-state index contributed by atoms with van der Waals surface area (Å²) in [5.74, 6) is 0.676. The zero-order valence-corrected chi connectivity index (χ0v) is 8.43. The first-order valence-corrected chi connectivity index (χ1v) is 4.92. The standard InChI is InChI=1S/C11H19N/c1-9(12-4)10-5-7-11(2,3)8-6-10/h9-10H,5-8H2,1-3H3. The molecule has 1 aliphatic carbocycles. The monoisotopic (exact) mass is 165 g/mol. The molecule has 1 nitrogen and oxygen atoms in total. The lowest BCUT2D eigenvalue weighted by Crippen LogP contribution is -2.25. The SMILES string of the molecule is [C-]#[N+]C(C)C1CCC(C)(C)CC1. The summed E-state index contributed by atoms with van der Waals surface area (Å²) in [5, 5.41) is 0. The summed E-state index contributed by atoms with van der Waals surface area (Å²) in [6.45, 7) is 13.7. The summed E-state index contributed by atoms with van der Waals surface area (Å²) in [6, 6.07) is 0.251. The molecule has 1 fully saturated rings. The maximum absolute atomic E-state index is 6.97. The highest BCUT2D eigenvalue weighted by molar-refractivity contribution is 4.87. The Balaban J connectivity index is 2.42. The van der Waals surface area contributed by atoms with Crippen molar-refractivity contribution in [2.75, 3.05) is 0 Å². The highest BCUT2D eigenvalue weighted by Crippen LogP contribution is 2.39. The van der Waals surface area contributed by atoms with E-state index in [1.165, 1.54) is 25.7 Å². The highest BCUT2D eigenvalue weighted by atomic mass is 14.7. The zero-order valence-electron chi connectivity index (χ0n) is 8.43. The van der Waals surface area contributed by atoms with Gasteiger partial charge in [-0.15, -0.1) is 0 Å². The summed E-state index contributed by atoms with van der Waals surface area (Å²) in [7, 11) is 0. The third-order valence-corrected chi connectivity index (χ3v) is 3.27. The molecule has 68 valence electrons. The van der Waals surface area contributed by atoms with Crippen LogP contribution in [0.4, 0.5) is 0 Å². The molecule has 0 aromatic carbocycles. The van der Waals surface area contributed by atoms with Crippen LogP contribution in [0.1, 0.15) is 46.5 Å². The fraction of sp³-hybridized carbons (Fsp3) is 0.909. The van der Waals surface area contributed by atoms with E-state index in [2.05, 4.69) is 25.6 Å². The molecule has 12 heavy (non-hydrogen) atoms. The van der Waals surface area contributed by atoms with Crippen LogP contribution in [0.15, 0.2) is 0 Å². The second-order valence-corrected chi connectivity index (χ2v) is 4.87. The van der Waals surface area contributed by atoms with Crippen molar-refractivity contribution in [3.8, 4) is 0 Å². The van der Waals surface area contributed by atoms with Gasteiger partial charge in [-0.2, -0.15) is 0 Å². The summed E-state index contributed by atoms with van der Waals surface area (Å²) < 4.78 is 0. The number of rotatable bonds is 1. The van der Waals surface area contributed by atoms with E-state index in [0.29, 0.717) is 11.3 Å². The lowest BCUT2D eigenvalue weighted by Gasteiger charge is -2.33. The van der Waals surface area contributed by atoms with Crippen LogP contribution in [-0.4, -0.2) is 6.04 Å². The van der Waals surface area contributed by atoms with Crippen molar-refractivity contribution in [2.45, 2.75) is 52.5 Å². The second kappa shape index (κ2) is 3.47. The minimum absolute atomic E-state index is 0.251. The van der Waals surface area contributed by atoms with Gasteiger partial charge in [0.05, 0.1) is 0 Å². The summed E-state index contributed by atoms with van der Waals surface area (Å²) in [6.07, 6.45) is 5.13. The Morgan fingerprint density at radius 2 is 1.83 bits per heavy atom. The third kappa shape index (κ3) is 2.24. The molecule has 0 spiro atoms. The van der Waals surface area contributed by atoms with Gasteiger partial charge in [-0.25, -0.2) is 6.57 Å². The Bertz CT molecular complexity index is 178. The van der Waals surface area contributed by atoms with E-state index < -0.39 is 0 Å². The van der Waals surface area contributed by atoms with Crippen LogP contribution in [0.5, 0.6) is 0 Å². The van der Waals surface area contributed by atoms with Crippen molar-refractivity contribution >= 4 is 0 Å². The maximum Gasteiger partial charge on any atom is 0.223 e. The molecule has 0 aromatic heterocycles. The maximum atomic E-state index is 6.97. The van der Waals surface area contributed by atoms with Crippen molar-refractivity contribution in [1.82, 2.24) is 0 Å². The molecule has 0 heterocycles. The van der Waals surface area contributed by atoms with Crippen LogP contribution in [0.2, 0.25) is 0 Å². The van der Waals surface area contributed by atoms with E-state index in [1.54, 1.807) is 0 Å². The Labute approximate surface area is 76.0 Å². The normalized spacial score (nSPS) is 26.2. The molecule has 0 aromatic rings. The molecule has 0 radical (unpaired) electrons. The molecule has 1 heteroatoms. The molecule has 0 saturated heterocycles. The van der Waals surface area contributed by atoms with Crippen LogP contribution in [0.3, 0.4) is 0 Å². The molecule has 0 bridgehead atoms. The van der Waals surface area contributed by atoms with Gasteiger partial charge in [-0.05, 0) is 31.1 Å². The lowest BCUT2D eigenvalue weighted by molar-refractivity contribution is 0.184. The highest BCUT2D eigenvalue weighted by Gasteiger charge is 2.31. The van der Waals surface area contributed by atoms with E-state index in [0.717, 1.165) is 0 Å². The predicted octanol–water partition coefficient (Wildman–Crippen LogP) is 3.51. The Morgan fingerprint density at radius 1 is 1.33 bits per heavy atom. The van der Waals surface area contributed by atoms with E-state index >= 15 is 0 Å². The Morgan fingerprint density at radius 3 is 2.25 bits per heavy atom. The average molecular weight is 165 g/mol. The molecule has 1 unspecified atom stereocenters. The Kier molecular flexibility index (Phi) is 2.77. The van der Waals surface area contributed by atoms with Crippen molar-refractivity contribution in [3.63, 3.8) is 0 Å². The van der Waals surface area contributed by atoms with Gasteiger partial charge in [0, 0.05) is 12.8 Å². The minimum Gasteiger partial charge on any atom is -0.314 e. The minimum atomic E-state index is 0.251. The summed E-state index contributed by atoms with van der Waals surface area (Å²) in [5.41, 5.74) is 0.540. The summed E-state index contributed by atoms with van der Waals surface area (Å²) in [4.78, 5) is 3.61. The van der Waals surface area contributed by atoms with Crippen LogP contribution in [-0.2, 0) is 0 Å². The van der Waals surface area contributed by atoms with Crippen molar-refractivity contribution < 1.29 is 0 Å². The molecule has 0 N–H and O–H groups in total. The van der Waals surface area contributed by atoms with Crippen molar-refractivity contribution in [1.29, 1.82) is 0 Å².